The number of rotatable bonds is 12. The lowest BCUT2D eigenvalue weighted by molar-refractivity contribution is 0.228. The monoisotopic (exact) mass is 678 g/mol. The Hall–Kier alpha value is -4.82. The highest BCUT2D eigenvalue weighted by Crippen LogP contribution is 2.37. The maximum absolute atomic E-state index is 14.2. The van der Waals surface area contributed by atoms with Gasteiger partial charge in [0.2, 0.25) is 5.50 Å². The van der Waals surface area contributed by atoms with E-state index in [2.05, 4.69) is 45.9 Å². The number of piperidine rings is 1. The molecule has 14 heteroatoms. The Labute approximate surface area is 279 Å². The Bertz CT molecular complexity index is 1920. The summed E-state index contributed by atoms with van der Waals surface area (Å²) in [7, 11) is -2.79. The van der Waals surface area contributed by atoms with E-state index in [1.165, 1.54) is 42.5 Å². The first-order valence-electron chi connectivity index (χ1n) is 15.4. The summed E-state index contributed by atoms with van der Waals surface area (Å²) in [6, 6.07) is 10.2. The number of nitrogens with two attached hydrogens (primary N) is 1. The van der Waals surface area contributed by atoms with E-state index in [1.54, 1.807) is 26.4 Å². The van der Waals surface area contributed by atoms with E-state index in [1.807, 2.05) is 10.9 Å². The molecule has 3 heterocycles. The minimum Gasteiger partial charge on any atom is -0.484 e. The molecule has 2 aromatic carbocycles. The Morgan fingerprint density at radius 2 is 1.98 bits per heavy atom. The Kier molecular flexibility index (Phi) is 9.87. The highest BCUT2D eigenvalue weighted by atomic mass is 32.2. The van der Waals surface area contributed by atoms with Gasteiger partial charge in [0.25, 0.3) is 10.0 Å². The fourth-order valence-electron chi connectivity index (χ4n) is 5.60. The lowest BCUT2D eigenvalue weighted by atomic mass is 9.91. The molecule has 48 heavy (non-hydrogen) atoms. The first-order valence-corrected chi connectivity index (χ1v) is 17.0. The van der Waals surface area contributed by atoms with Crippen molar-refractivity contribution in [2.75, 3.05) is 29.4 Å². The Balaban J connectivity index is 1.51. The molecular weight excluding hydrogens is 638 g/mol. The van der Waals surface area contributed by atoms with Gasteiger partial charge < -0.3 is 21.1 Å². The molecular formula is C34H40F2N8O3S. The van der Waals surface area contributed by atoms with E-state index >= 15 is 0 Å². The van der Waals surface area contributed by atoms with Crippen molar-refractivity contribution in [1.82, 2.24) is 20.1 Å². The van der Waals surface area contributed by atoms with Crippen molar-refractivity contribution in [2.24, 2.45) is 0 Å². The van der Waals surface area contributed by atoms with Crippen molar-refractivity contribution >= 4 is 32.9 Å². The molecule has 11 nitrogen and oxygen atoms in total. The summed E-state index contributed by atoms with van der Waals surface area (Å²) in [5, 5.41) is 20.6. The Morgan fingerprint density at radius 1 is 1.25 bits per heavy atom. The molecule has 254 valence electrons. The number of nitrogen functional groups attached to an aromatic ring is 1. The number of benzene rings is 2. The van der Waals surface area contributed by atoms with Crippen molar-refractivity contribution in [3.8, 4) is 16.9 Å². The van der Waals surface area contributed by atoms with Crippen LogP contribution in [0, 0.1) is 11.2 Å². The predicted molar refractivity (Wildman–Crippen MR) is 185 cm³/mol. The molecule has 1 fully saturated rings. The molecule has 6 N–H and O–H groups in total. The van der Waals surface area contributed by atoms with Gasteiger partial charge in [0.1, 0.15) is 23.5 Å². The van der Waals surface area contributed by atoms with Gasteiger partial charge in [-0.05, 0) is 69.5 Å². The van der Waals surface area contributed by atoms with E-state index in [-0.39, 0.29) is 34.5 Å². The van der Waals surface area contributed by atoms with Crippen LogP contribution < -0.4 is 25.8 Å². The largest absolute Gasteiger partial charge is 0.484 e. The van der Waals surface area contributed by atoms with Crippen LogP contribution >= 0.6 is 0 Å². The third-order valence-corrected chi connectivity index (χ3v) is 9.75. The fraction of sp³-hybridized carbons (Fsp3) is 0.324. The smallest absolute Gasteiger partial charge is 0.269 e. The average Bonchev–Trinajstić information content (AvgIpc) is 3.54. The van der Waals surface area contributed by atoms with Crippen molar-refractivity contribution in [3.63, 3.8) is 0 Å². The standard InChI is InChI=1S/C34H40F2N8O3S/c1-6-29(36)48(45,46)43-27-12-9-22(15-28(27)47-20(2)21-7-10-24(35)11-8-21)31(37)30-32(39-5)26(18-40-33(30)38)23-16-42-44(19-23)25-13-14-34(3,4)41-17-25/h6-12,15-16,18-20,25,29,37,41,43H,1,13-14,17H2,2-5H3,(H3,38,39,40)/t20-,25?,29?/m0/s1. The van der Waals surface area contributed by atoms with Crippen LogP contribution in [0.2, 0.25) is 0 Å². The molecule has 0 bridgehead atoms. The number of halogens is 2. The third-order valence-electron chi connectivity index (χ3n) is 8.46. The summed E-state index contributed by atoms with van der Waals surface area (Å²) in [5.41, 5.74) is 7.23. The highest BCUT2D eigenvalue weighted by molar-refractivity contribution is 7.93. The molecule has 3 atom stereocenters. The lowest BCUT2D eigenvalue weighted by Crippen LogP contribution is -2.47. The van der Waals surface area contributed by atoms with Crippen LogP contribution in [0.5, 0.6) is 5.75 Å². The number of aromatic nitrogens is 3. The zero-order valence-electron chi connectivity index (χ0n) is 27.2. The summed E-state index contributed by atoms with van der Waals surface area (Å²) in [6.45, 7) is 10.1. The van der Waals surface area contributed by atoms with Gasteiger partial charge in [-0.3, -0.25) is 14.8 Å². The molecule has 0 spiro atoms. The van der Waals surface area contributed by atoms with Gasteiger partial charge in [0, 0.05) is 48.2 Å². The highest BCUT2D eigenvalue weighted by Gasteiger charge is 2.29. The molecule has 5 rings (SSSR count). The molecule has 1 aliphatic heterocycles. The van der Waals surface area contributed by atoms with Crippen LogP contribution in [-0.4, -0.2) is 53.5 Å². The Morgan fingerprint density at radius 3 is 2.62 bits per heavy atom. The maximum Gasteiger partial charge on any atom is 0.269 e. The summed E-state index contributed by atoms with van der Waals surface area (Å²) >= 11 is 0. The molecule has 4 aromatic rings. The number of sulfonamides is 1. The number of anilines is 3. The second-order valence-electron chi connectivity index (χ2n) is 12.4. The molecule has 2 aromatic heterocycles. The van der Waals surface area contributed by atoms with Crippen LogP contribution in [0.3, 0.4) is 0 Å². The van der Waals surface area contributed by atoms with Crippen LogP contribution in [0.4, 0.5) is 26.0 Å². The first kappa shape index (κ1) is 34.5. The zero-order chi connectivity index (χ0) is 34.8. The molecule has 1 aliphatic rings. The lowest BCUT2D eigenvalue weighted by Gasteiger charge is -2.35. The number of hydrogen-bond acceptors (Lipinski definition) is 9. The van der Waals surface area contributed by atoms with Crippen LogP contribution in [-0.2, 0) is 10.0 Å². The zero-order valence-corrected chi connectivity index (χ0v) is 28.0. The molecule has 1 saturated heterocycles. The number of alkyl halides is 1. The number of pyridine rings is 1. The van der Waals surface area contributed by atoms with Gasteiger partial charge in [-0.15, -0.1) is 0 Å². The van der Waals surface area contributed by atoms with Crippen molar-refractivity contribution in [2.45, 2.75) is 56.8 Å². The topological polar surface area (TPSA) is 160 Å². The maximum atomic E-state index is 14.2. The van der Waals surface area contributed by atoms with Gasteiger partial charge >= 0.3 is 0 Å². The molecule has 0 aliphatic carbocycles. The van der Waals surface area contributed by atoms with Crippen molar-refractivity contribution in [1.29, 1.82) is 5.41 Å². The molecule has 0 radical (unpaired) electrons. The van der Waals surface area contributed by atoms with Crippen molar-refractivity contribution in [3.05, 3.63) is 96.2 Å². The second kappa shape index (κ2) is 13.7. The summed E-state index contributed by atoms with van der Waals surface area (Å²) in [5.74, 6) is -0.324. The summed E-state index contributed by atoms with van der Waals surface area (Å²) in [6.07, 6.45) is 7.31. The number of nitrogens with zero attached hydrogens (tertiary/aromatic N) is 3. The minimum absolute atomic E-state index is 0.00755. The van der Waals surface area contributed by atoms with E-state index in [0.29, 0.717) is 34.0 Å². The quantitative estimate of drug-likeness (QED) is 0.0876. The van der Waals surface area contributed by atoms with E-state index in [4.69, 9.17) is 10.5 Å². The third kappa shape index (κ3) is 7.34. The summed E-state index contributed by atoms with van der Waals surface area (Å²) in [4.78, 5) is 4.41. The molecule has 0 saturated carbocycles. The van der Waals surface area contributed by atoms with Gasteiger partial charge in [-0.1, -0.05) is 24.8 Å². The molecule has 0 amide bonds. The fourth-order valence-corrected chi connectivity index (χ4v) is 6.45. The first-order chi connectivity index (χ1) is 22.7. The predicted octanol–water partition coefficient (Wildman–Crippen LogP) is 6.19. The van der Waals surface area contributed by atoms with Gasteiger partial charge in [-0.25, -0.2) is 22.2 Å². The number of nitrogens with one attached hydrogen (secondary N) is 4. The SMILES string of the molecule is C=CC(F)S(=O)(=O)Nc1ccc(C(=N)c2c(N)ncc(-c3cnn(C4CCC(C)(C)NC4)c3)c2NC)cc1O[C@@H](C)c1ccc(F)cc1. The second-order valence-corrected chi connectivity index (χ2v) is 14.1. The van der Waals surface area contributed by atoms with Crippen LogP contribution in [0.1, 0.15) is 62.4 Å². The normalized spacial score (nSPS) is 17.2. The van der Waals surface area contributed by atoms with Gasteiger partial charge in [-0.2, -0.15) is 5.10 Å². The van der Waals surface area contributed by atoms with Gasteiger partial charge in [0.15, 0.2) is 0 Å². The van der Waals surface area contributed by atoms with Crippen LogP contribution in [0.25, 0.3) is 11.1 Å². The number of hydrogen-bond donors (Lipinski definition) is 5. The van der Waals surface area contributed by atoms with Crippen LogP contribution in [0.15, 0.2) is 73.7 Å². The van der Waals surface area contributed by atoms with E-state index in [9.17, 15) is 22.6 Å². The average molecular weight is 679 g/mol. The van der Waals surface area contributed by atoms with E-state index < -0.39 is 27.4 Å². The van der Waals surface area contributed by atoms with E-state index in [0.717, 1.165) is 24.9 Å². The minimum atomic E-state index is -4.51. The molecule has 2 unspecified atom stereocenters. The van der Waals surface area contributed by atoms with Gasteiger partial charge in [0.05, 0.1) is 34.9 Å². The summed E-state index contributed by atoms with van der Waals surface area (Å²) < 4.78 is 63.3. The number of ether oxygens (including phenoxy) is 1. The van der Waals surface area contributed by atoms with Crippen molar-refractivity contribution < 1.29 is 21.9 Å².